The number of hydrogen-bond donors (Lipinski definition) is 8. The maximum absolute atomic E-state index is 15.6. The van der Waals surface area contributed by atoms with Crippen LogP contribution < -0.4 is 11.5 Å². The molecule has 2 aromatic heterocycles. The number of phosphoric ester groups is 1. The van der Waals surface area contributed by atoms with Gasteiger partial charge in [0.1, 0.15) is 12.3 Å². The second-order valence-electron chi connectivity index (χ2n) is 7.41. The molecule has 0 saturated carbocycles. The minimum atomic E-state index is -5.94. The number of fused-ring (bicyclic) bond motifs is 1. The van der Waals surface area contributed by atoms with Crippen LogP contribution in [0.4, 0.5) is 10.1 Å². The number of nitrogens with two attached hydrogens (primary N) is 2. The van der Waals surface area contributed by atoms with Crippen LogP contribution in [0.25, 0.3) is 11.0 Å². The van der Waals surface area contributed by atoms with E-state index in [0.717, 1.165) is 17.0 Å². The van der Waals surface area contributed by atoms with Crippen LogP contribution in [0, 0.1) is 12.3 Å². The van der Waals surface area contributed by atoms with Gasteiger partial charge in [-0.05, 0) is 6.07 Å². The van der Waals surface area contributed by atoms with E-state index in [4.69, 9.17) is 32.4 Å². The average Bonchev–Trinajstić information content (AvgIpc) is 3.21. The number of carbonyl (C=O) groups excluding carboxylic acids is 1. The summed E-state index contributed by atoms with van der Waals surface area (Å²) < 4.78 is 66.7. The molecule has 22 heteroatoms. The molecule has 0 aliphatic carbocycles. The van der Waals surface area contributed by atoms with Gasteiger partial charge in [0.25, 0.3) is 11.8 Å². The highest BCUT2D eigenvalue weighted by molar-refractivity contribution is 7.66. The Bertz CT molecular complexity index is 1440. The molecule has 1 saturated heterocycles. The van der Waals surface area contributed by atoms with Crippen LogP contribution in [-0.4, -0.2) is 69.4 Å². The van der Waals surface area contributed by atoms with Crippen molar-refractivity contribution >= 4 is 46.1 Å². The monoisotopic (exact) mass is 590 g/mol. The van der Waals surface area contributed by atoms with Gasteiger partial charge < -0.3 is 50.6 Å². The zero-order chi connectivity index (χ0) is 28.2. The number of carbonyl (C=O) groups is 1. The third-order valence-corrected chi connectivity index (χ3v) is 8.63. The van der Waals surface area contributed by atoms with Crippen LogP contribution in [-0.2, 0) is 31.6 Å². The number of alkyl halides is 1. The molecule has 3 heterocycles. The SMILES string of the molecule is C#C[C@]1(O)[C@H](n2cc(C(N)=O)c3c(N)ccnc32)O[C@](F)(COP(=O)(O)OP(=O)(O)OP(=O)(O)O)[C@H]1O. The quantitative estimate of drug-likeness (QED) is 0.128. The van der Waals surface area contributed by atoms with Crippen LogP contribution in [0.3, 0.4) is 0 Å². The Morgan fingerprint density at radius 2 is 1.89 bits per heavy atom. The lowest BCUT2D eigenvalue weighted by molar-refractivity contribution is -0.203. The number of rotatable bonds is 9. The van der Waals surface area contributed by atoms with Crippen LogP contribution in [0.15, 0.2) is 18.5 Å². The first-order chi connectivity index (χ1) is 16.8. The van der Waals surface area contributed by atoms with Gasteiger partial charge in [-0.15, -0.1) is 6.42 Å². The molecule has 3 rings (SSSR count). The summed E-state index contributed by atoms with van der Waals surface area (Å²) in [4.78, 5) is 51.7. The molecule has 1 aliphatic heterocycles. The number of aliphatic hydroxyl groups excluding tert-OH is 1. The Morgan fingerprint density at radius 1 is 1.27 bits per heavy atom. The number of halogens is 1. The minimum absolute atomic E-state index is 0.0143. The fourth-order valence-electron chi connectivity index (χ4n) is 3.38. The van der Waals surface area contributed by atoms with Crippen molar-refractivity contribution in [2.75, 3.05) is 12.3 Å². The molecule has 10 N–H and O–H groups in total. The molecule has 0 bridgehead atoms. The van der Waals surface area contributed by atoms with Crippen molar-refractivity contribution in [2.45, 2.75) is 23.8 Å². The number of primary amides is 1. The Labute approximate surface area is 205 Å². The van der Waals surface area contributed by atoms with Crippen LogP contribution in [0.2, 0.25) is 0 Å². The predicted octanol–water partition coefficient (Wildman–Crippen LogP) is -1.02. The van der Waals surface area contributed by atoms with Crippen LogP contribution >= 0.6 is 23.5 Å². The van der Waals surface area contributed by atoms with Gasteiger partial charge in [0.2, 0.25) is 5.60 Å². The fourth-order valence-corrected chi connectivity index (χ4v) is 6.41. The Morgan fingerprint density at radius 3 is 2.43 bits per heavy atom. The zero-order valence-corrected chi connectivity index (χ0v) is 20.6. The molecule has 1 amide bonds. The normalized spacial score (nSPS) is 29.5. The highest BCUT2D eigenvalue weighted by Gasteiger charge is 2.66. The summed E-state index contributed by atoms with van der Waals surface area (Å²) in [6.45, 7) is -1.82. The van der Waals surface area contributed by atoms with Gasteiger partial charge in [0, 0.05) is 18.1 Å². The van der Waals surface area contributed by atoms with Crippen LogP contribution in [0.1, 0.15) is 16.6 Å². The van der Waals surface area contributed by atoms with Crippen molar-refractivity contribution < 1.29 is 70.5 Å². The number of pyridine rings is 1. The molecule has 0 aromatic carbocycles. The first kappa shape index (κ1) is 29.3. The number of hydrogen-bond acceptors (Lipinski definition) is 12. The Kier molecular flexibility index (Phi) is 7.51. The zero-order valence-electron chi connectivity index (χ0n) is 17.9. The van der Waals surface area contributed by atoms with E-state index in [2.05, 4.69) is 18.1 Å². The summed E-state index contributed by atoms with van der Waals surface area (Å²) in [5.41, 5.74) is 7.72. The number of aromatic nitrogens is 2. The van der Waals surface area contributed by atoms with E-state index in [0.29, 0.717) is 0 Å². The van der Waals surface area contributed by atoms with Gasteiger partial charge in [-0.3, -0.25) is 9.32 Å². The largest absolute Gasteiger partial charge is 0.490 e. The molecule has 37 heavy (non-hydrogen) atoms. The maximum Gasteiger partial charge on any atom is 0.490 e. The van der Waals surface area contributed by atoms with E-state index in [1.165, 1.54) is 6.07 Å². The number of nitrogens with zero attached hydrogens (tertiary/aromatic N) is 2. The third-order valence-electron chi connectivity index (χ3n) is 4.84. The summed E-state index contributed by atoms with van der Waals surface area (Å²) in [7, 11) is -17.5. The minimum Gasteiger partial charge on any atom is -0.398 e. The summed E-state index contributed by atoms with van der Waals surface area (Å²) in [6, 6.07) is 1.29. The average molecular weight is 590 g/mol. The second-order valence-corrected chi connectivity index (χ2v) is 11.8. The van der Waals surface area contributed by atoms with Crippen molar-refractivity contribution in [3.8, 4) is 12.3 Å². The van der Waals surface area contributed by atoms with Gasteiger partial charge in [-0.25, -0.2) is 23.1 Å². The molecule has 2 unspecified atom stereocenters. The molecule has 2 aromatic rings. The lowest BCUT2D eigenvalue weighted by Gasteiger charge is -2.27. The highest BCUT2D eigenvalue weighted by Crippen LogP contribution is 2.66. The molecule has 0 radical (unpaired) electrons. The van der Waals surface area contributed by atoms with Crippen molar-refractivity contribution in [2.24, 2.45) is 5.73 Å². The molecular weight excluding hydrogens is 572 g/mol. The lowest BCUT2D eigenvalue weighted by atomic mass is 9.94. The number of amides is 1. The summed E-state index contributed by atoms with van der Waals surface area (Å²) in [6.07, 6.45) is 2.53. The van der Waals surface area contributed by atoms with Crippen LogP contribution in [0.5, 0.6) is 0 Å². The third kappa shape index (κ3) is 5.77. The fraction of sp³-hybridized carbons (Fsp3) is 0.333. The first-order valence-electron chi connectivity index (χ1n) is 9.33. The Hall–Kier alpha value is -2.26. The topological polar surface area (TPSA) is 296 Å². The first-order valence-corrected chi connectivity index (χ1v) is 13.9. The molecule has 18 nitrogen and oxygen atoms in total. The van der Waals surface area contributed by atoms with E-state index >= 15 is 4.39 Å². The van der Waals surface area contributed by atoms with E-state index in [1.54, 1.807) is 5.92 Å². The van der Waals surface area contributed by atoms with Crippen molar-refractivity contribution in [3.05, 3.63) is 24.0 Å². The summed E-state index contributed by atoms with van der Waals surface area (Å²) in [5, 5.41) is 21.3. The van der Waals surface area contributed by atoms with E-state index in [9.17, 15) is 38.5 Å². The van der Waals surface area contributed by atoms with Crippen molar-refractivity contribution in [1.82, 2.24) is 9.55 Å². The second kappa shape index (κ2) is 9.49. The number of phosphoric acid groups is 3. The molecule has 1 fully saturated rings. The number of nitrogen functional groups attached to an aromatic ring is 1. The predicted molar refractivity (Wildman–Crippen MR) is 116 cm³/mol. The smallest absolute Gasteiger partial charge is 0.398 e. The van der Waals surface area contributed by atoms with E-state index in [1.807, 2.05) is 0 Å². The van der Waals surface area contributed by atoms with Gasteiger partial charge in [-0.1, -0.05) is 5.92 Å². The Balaban J connectivity index is 1.95. The van der Waals surface area contributed by atoms with Gasteiger partial charge in [0.15, 0.2) is 12.3 Å². The maximum atomic E-state index is 15.6. The molecule has 1 aliphatic rings. The number of aliphatic hydroxyl groups is 2. The molecule has 204 valence electrons. The molecule has 0 spiro atoms. The summed E-state index contributed by atoms with van der Waals surface area (Å²) >= 11 is 0. The van der Waals surface area contributed by atoms with Crippen molar-refractivity contribution in [1.29, 1.82) is 0 Å². The molecule has 6 atom stereocenters. The summed E-state index contributed by atoms with van der Waals surface area (Å²) in [5.74, 6) is -2.97. The highest BCUT2D eigenvalue weighted by atomic mass is 31.3. The van der Waals surface area contributed by atoms with Crippen molar-refractivity contribution in [3.63, 3.8) is 0 Å². The van der Waals surface area contributed by atoms with Gasteiger partial charge in [-0.2, -0.15) is 8.62 Å². The van der Waals surface area contributed by atoms with Gasteiger partial charge >= 0.3 is 23.5 Å². The van der Waals surface area contributed by atoms with Gasteiger partial charge in [0.05, 0.1) is 10.9 Å². The number of terminal acetylenes is 1. The van der Waals surface area contributed by atoms with E-state index in [-0.39, 0.29) is 22.3 Å². The number of ether oxygens (including phenoxy) is 1. The lowest BCUT2D eigenvalue weighted by Crippen LogP contribution is -2.50. The molecular formula is C15H18FN4O14P3. The standard InChI is InChI=1S/C15H18FN4O14P3/c1-2-14(23)12(22)15(16,6-31-36(27,28)34-37(29,30)33-35(24,25)26)32-13(14)20-5-7(10(18)21)9-8(17)3-4-19-11(9)20/h1,3-5,12-13,22-23H,6H2,(H2,17,19)(H2,18,21)(H,27,28)(H,29,30)(H2,24,25,26)/t12-,13+,14+,15+/m0/s1. The van der Waals surface area contributed by atoms with E-state index < -0.39 is 59.8 Å². The number of anilines is 1.